The van der Waals surface area contributed by atoms with Crippen LogP contribution in [0.2, 0.25) is 5.02 Å². The summed E-state index contributed by atoms with van der Waals surface area (Å²) < 4.78 is 57.7. The summed E-state index contributed by atoms with van der Waals surface area (Å²) in [6.45, 7) is 6.19. The number of ether oxygens (including phenoxy) is 2. The Labute approximate surface area is 204 Å². The second-order valence-electron chi connectivity index (χ2n) is 9.04. The molecule has 0 amide bonds. The normalized spacial score (nSPS) is 12.1. The van der Waals surface area contributed by atoms with Gasteiger partial charge >= 0.3 is 6.18 Å². The van der Waals surface area contributed by atoms with E-state index in [9.17, 15) is 18.0 Å². The highest BCUT2D eigenvalue weighted by Crippen LogP contribution is 2.39. The molecule has 1 aromatic heterocycles. The van der Waals surface area contributed by atoms with Gasteiger partial charge in [0.15, 0.2) is 0 Å². The van der Waals surface area contributed by atoms with E-state index in [1.165, 1.54) is 30.3 Å². The first kappa shape index (κ1) is 24.7. The van der Waals surface area contributed by atoms with Crippen molar-refractivity contribution in [2.24, 2.45) is 0 Å². The van der Waals surface area contributed by atoms with Gasteiger partial charge in [0.2, 0.25) is 11.2 Å². The number of halogens is 4. The van der Waals surface area contributed by atoms with E-state index in [2.05, 4.69) is 0 Å². The van der Waals surface area contributed by atoms with Gasteiger partial charge in [-0.25, -0.2) is 0 Å². The molecule has 8 heteroatoms. The molecule has 182 valence electrons. The summed E-state index contributed by atoms with van der Waals surface area (Å²) >= 11 is 5.86. The molecule has 0 saturated carbocycles. The molecule has 0 radical (unpaired) electrons. The Kier molecular flexibility index (Phi) is 6.56. The molecule has 1 heterocycles. The van der Waals surface area contributed by atoms with Crippen molar-refractivity contribution in [2.75, 3.05) is 0 Å². The smallest absolute Gasteiger partial charge is 0.453 e. The molecule has 0 N–H and O–H groups in total. The van der Waals surface area contributed by atoms with Gasteiger partial charge in [-0.1, -0.05) is 56.6 Å². The Balaban J connectivity index is 1.68. The molecule has 0 bridgehead atoms. The molecule has 4 aromatic rings. The monoisotopic (exact) mass is 502 g/mol. The molecule has 0 aliphatic heterocycles. The summed E-state index contributed by atoms with van der Waals surface area (Å²) in [7, 11) is 0. The second kappa shape index (κ2) is 9.30. The highest BCUT2D eigenvalue weighted by Gasteiger charge is 2.40. The first-order chi connectivity index (χ1) is 16.4. The number of fused-ring (bicyclic) bond motifs is 1. The van der Waals surface area contributed by atoms with Crippen LogP contribution >= 0.6 is 11.6 Å². The fraction of sp³-hybridized carbons (Fsp3) is 0.222. The van der Waals surface area contributed by atoms with E-state index in [4.69, 9.17) is 25.5 Å². The molecule has 3 aromatic carbocycles. The van der Waals surface area contributed by atoms with Crippen LogP contribution in [0.3, 0.4) is 0 Å². The fourth-order valence-electron chi connectivity index (χ4n) is 3.41. The summed E-state index contributed by atoms with van der Waals surface area (Å²) in [5.74, 6) is -2.08. The lowest BCUT2D eigenvalue weighted by Gasteiger charge is -2.19. The molecule has 0 atom stereocenters. The zero-order chi connectivity index (χ0) is 25.4. The van der Waals surface area contributed by atoms with Crippen molar-refractivity contribution in [1.29, 1.82) is 0 Å². The van der Waals surface area contributed by atoms with Crippen LogP contribution in [-0.2, 0) is 18.2 Å². The van der Waals surface area contributed by atoms with Crippen LogP contribution in [0, 0.1) is 0 Å². The standard InChI is InChI=1S/C27H22ClF3O4/c1-26(2,3)17-6-10-19(11-7-17)34-24-23(32)21-13-12-20(14-22(21)35-25(24)27(29,30)31)33-15-16-4-8-18(28)9-5-16/h4-14H,15H2,1-3H3. The Morgan fingerprint density at radius 1 is 0.886 bits per heavy atom. The van der Waals surface area contributed by atoms with Crippen LogP contribution in [0.15, 0.2) is 75.9 Å². The number of hydrogen-bond donors (Lipinski definition) is 0. The molecule has 35 heavy (non-hydrogen) atoms. The van der Waals surface area contributed by atoms with Crippen LogP contribution in [0.25, 0.3) is 11.0 Å². The van der Waals surface area contributed by atoms with Gasteiger partial charge in [-0.15, -0.1) is 0 Å². The van der Waals surface area contributed by atoms with Gasteiger partial charge < -0.3 is 13.9 Å². The van der Waals surface area contributed by atoms with Gasteiger partial charge in [-0.05, 0) is 52.9 Å². The average molecular weight is 503 g/mol. The van der Waals surface area contributed by atoms with E-state index in [1.807, 2.05) is 20.8 Å². The minimum absolute atomic E-state index is 0.0573. The maximum Gasteiger partial charge on any atom is 0.453 e. The van der Waals surface area contributed by atoms with Gasteiger partial charge in [0, 0.05) is 11.1 Å². The number of hydrogen-bond acceptors (Lipinski definition) is 4. The van der Waals surface area contributed by atoms with Crippen molar-refractivity contribution >= 4 is 22.6 Å². The van der Waals surface area contributed by atoms with Crippen molar-refractivity contribution in [3.63, 3.8) is 0 Å². The van der Waals surface area contributed by atoms with E-state index in [-0.39, 0.29) is 34.5 Å². The predicted molar refractivity (Wildman–Crippen MR) is 128 cm³/mol. The molecule has 0 saturated heterocycles. The number of benzene rings is 3. The van der Waals surface area contributed by atoms with Crippen molar-refractivity contribution in [3.05, 3.63) is 98.9 Å². The maximum atomic E-state index is 13.8. The number of rotatable bonds is 5. The van der Waals surface area contributed by atoms with Crippen LogP contribution in [0.4, 0.5) is 13.2 Å². The molecule has 0 unspecified atom stereocenters. The van der Waals surface area contributed by atoms with Crippen molar-refractivity contribution < 1.29 is 27.1 Å². The summed E-state index contributed by atoms with van der Waals surface area (Å²) in [6, 6.07) is 17.6. The highest BCUT2D eigenvalue weighted by molar-refractivity contribution is 6.30. The van der Waals surface area contributed by atoms with Gasteiger partial charge in [-0.2, -0.15) is 13.2 Å². The quantitative estimate of drug-likeness (QED) is 0.276. The summed E-state index contributed by atoms with van der Waals surface area (Å²) in [4.78, 5) is 13.0. The Morgan fingerprint density at radius 2 is 1.51 bits per heavy atom. The zero-order valence-corrected chi connectivity index (χ0v) is 20.0. The van der Waals surface area contributed by atoms with Crippen molar-refractivity contribution in [1.82, 2.24) is 0 Å². The second-order valence-corrected chi connectivity index (χ2v) is 9.47. The van der Waals surface area contributed by atoms with Gasteiger partial charge in [0.05, 0.1) is 5.39 Å². The van der Waals surface area contributed by atoms with Gasteiger partial charge in [-0.3, -0.25) is 4.79 Å². The largest absolute Gasteiger partial charge is 0.489 e. The van der Waals surface area contributed by atoms with E-state index in [0.29, 0.717) is 5.02 Å². The first-order valence-electron chi connectivity index (χ1n) is 10.8. The third kappa shape index (κ3) is 5.62. The Hall–Kier alpha value is -3.45. The summed E-state index contributed by atoms with van der Waals surface area (Å²) in [5, 5.41) is 0.516. The zero-order valence-electron chi connectivity index (χ0n) is 19.2. The molecule has 4 nitrogen and oxygen atoms in total. The lowest BCUT2D eigenvalue weighted by atomic mass is 9.87. The summed E-state index contributed by atoms with van der Waals surface area (Å²) in [5.41, 5.74) is 0.449. The average Bonchev–Trinajstić information content (AvgIpc) is 2.79. The molecular weight excluding hydrogens is 481 g/mol. The molecule has 0 spiro atoms. The molecule has 0 aliphatic carbocycles. The molecule has 0 aliphatic rings. The molecular formula is C27H22ClF3O4. The van der Waals surface area contributed by atoms with E-state index in [1.54, 1.807) is 36.4 Å². The minimum atomic E-state index is -4.95. The van der Waals surface area contributed by atoms with E-state index in [0.717, 1.165) is 11.1 Å². The summed E-state index contributed by atoms with van der Waals surface area (Å²) in [6.07, 6.45) is -4.95. The lowest BCUT2D eigenvalue weighted by molar-refractivity contribution is -0.154. The minimum Gasteiger partial charge on any atom is -0.489 e. The first-order valence-corrected chi connectivity index (χ1v) is 11.1. The maximum absolute atomic E-state index is 13.8. The van der Waals surface area contributed by atoms with Crippen LogP contribution in [-0.4, -0.2) is 0 Å². The number of alkyl halides is 3. The fourth-order valence-corrected chi connectivity index (χ4v) is 3.54. The predicted octanol–water partition coefficient (Wildman–Crippen LogP) is 8.13. The topological polar surface area (TPSA) is 48.7 Å². The molecule has 4 rings (SSSR count). The third-order valence-electron chi connectivity index (χ3n) is 5.34. The van der Waals surface area contributed by atoms with Gasteiger partial charge in [0.25, 0.3) is 5.76 Å². The molecule has 0 fully saturated rings. The van der Waals surface area contributed by atoms with Crippen molar-refractivity contribution in [2.45, 2.75) is 39.0 Å². The highest BCUT2D eigenvalue weighted by atomic mass is 35.5. The van der Waals surface area contributed by atoms with Crippen molar-refractivity contribution in [3.8, 4) is 17.2 Å². The van der Waals surface area contributed by atoms with E-state index < -0.39 is 23.1 Å². The Bertz CT molecular complexity index is 1400. The third-order valence-corrected chi connectivity index (χ3v) is 5.59. The van der Waals surface area contributed by atoms with Crippen LogP contribution < -0.4 is 14.9 Å². The van der Waals surface area contributed by atoms with Crippen LogP contribution in [0.1, 0.15) is 37.7 Å². The lowest BCUT2D eigenvalue weighted by Crippen LogP contribution is -2.15. The SMILES string of the molecule is CC(C)(C)c1ccc(Oc2c(C(F)(F)F)oc3cc(OCc4ccc(Cl)cc4)ccc3c2=O)cc1. The van der Waals surface area contributed by atoms with Crippen LogP contribution in [0.5, 0.6) is 17.2 Å². The van der Waals surface area contributed by atoms with Gasteiger partial charge in [0.1, 0.15) is 23.7 Å². The Morgan fingerprint density at radius 3 is 2.11 bits per heavy atom. The van der Waals surface area contributed by atoms with E-state index >= 15 is 0 Å².